The number of aliphatic carboxylic acids is 1. The van der Waals surface area contributed by atoms with Gasteiger partial charge in [-0.25, -0.2) is 4.79 Å². The highest BCUT2D eigenvalue weighted by molar-refractivity contribution is 6.32. The van der Waals surface area contributed by atoms with Gasteiger partial charge in [-0.3, -0.25) is 4.90 Å². The van der Waals surface area contributed by atoms with Crippen molar-refractivity contribution in [2.75, 3.05) is 19.7 Å². The van der Waals surface area contributed by atoms with E-state index in [-0.39, 0.29) is 5.60 Å². The number of hydrogen-bond acceptors (Lipinski definition) is 4. The molecule has 6 heteroatoms. The van der Waals surface area contributed by atoms with Gasteiger partial charge in [0.2, 0.25) is 0 Å². The highest BCUT2D eigenvalue weighted by Crippen LogP contribution is 2.27. The SMILES string of the molecule is C[C@H](Oc1ccc(CN2CCOC(C)(C)C2)cc1Cl)C(=O)O. The molecule has 1 saturated heterocycles. The van der Waals surface area contributed by atoms with E-state index in [0.717, 1.165) is 31.8 Å². The molecule has 5 nitrogen and oxygen atoms in total. The third-order valence-corrected chi connectivity index (χ3v) is 3.85. The highest BCUT2D eigenvalue weighted by atomic mass is 35.5. The molecule has 2 rings (SSSR count). The maximum Gasteiger partial charge on any atom is 0.344 e. The van der Waals surface area contributed by atoms with Gasteiger partial charge >= 0.3 is 5.97 Å². The van der Waals surface area contributed by atoms with E-state index in [4.69, 9.17) is 26.2 Å². The second-order valence-corrected chi connectivity index (χ2v) is 6.59. The van der Waals surface area contributed by atoms with Crippen molar-refractivity contribution in [3.05, 3.63) is 28.8 Å². The number of carboxylic acids is 1. The van der Waals surface area contributed by atoms with Crippen molar-refractivity contribution in [1.82, 2.24) is 4.90 Å². The van der Waals surface area contributed by atoms with E-state index in [9.17, 15) is 4.79 Å². The van der Waals surface area contributed by atoms with Crippen LogP contribution in [-0.2, 0) is 16.1 Å². The number of carboxylic acid groups (broad SMARTS) is 1. The van der Waals surface area contributed by atoms with Crippen molar-refractivity contribution < 1.29 is 19.4 Å². The number of hydrogen-bond donors (Lipinski definition) is 1. The van der Waals surface area contributed by atoms with E-state index in [1.165, 1.54) is 6.92 Å². The van der Waals surface area contributed by atoms with Gasteiger partial charge < -0.3 is 14.6 Å². The Morgan fingerprint density at radius 2 is 2.27 bits per heavy atom. The molecule has 0 saturated carbocycles. The predicted octanol–water partition coefficient (Wildman–Crippen LogP) is 2.80. The van der Waals surface area contributed by atoms with Crippen LogP contribution in [0.15, 0.2) is 18.2 Å². The van der Waals surface area contributed by atoms with Gasteiger partial charge in [0.05, 0.1) is 17.2 Å². The molecular weight excluding hydrogens is 306 g/mol. The van der Waals surface area contributed by atoms with Crippen LogP contribution in [0.25, 0.3) is 0 Å². The normalized spacial score (nSPS) is 19.6. The molecule has 0 unspecified atom stereocenters. The number of halogens is 1. The number of carbonyl (C=O) groups is 1. The van der Waals surface area contributed by atoms with Crippen LogP contribution < -0.4 is 4.74 Å². The van der Waals surface area contributed by atoms with Crippen molar-refractivity contribution in [2.24, 2.45) is 0 Å². The number of rotatable bonds is 5. The second-order valence-electron chi connectivity index (χ2n) is 6.18. The predicted molar refractivity (Wildman–Crippen MR) is 84.5 cm³/mol. The zero-order chi connectivity index (χ0) is 16.3. The van der Waals surface area contributed by atoms with Crippen molar-refractivity contribution in [1.29, 1.82) is 0 Å². The van der Waals surface area contributed by atoms with Gasteiger partial charge in [-0.05, 0) is 38.5 Å². The molecule has 0 radical (unpaired) electrons. The minimum absolute atomic E-state index is 0.137. The molecule has 1 aromatic rings. The second kappa shape index (κ2) is 6.86. The summed E-state index contributed by atoms with van der Waals surface area (Å²) in [7, 11) is 0. The van der Waals surface area contributed by atoms with E-state index < -0.39 is 12.1 Å². The summed E-state index contributed by atoms with van der Waals surface area (Å²) in [5, 5.41) is 9.30. The van der Waals surface area contributed by atoms with E-state index >= 15 is 0 Å². The summed E-state index contributed by atoms with van der Waals surface area (Å²) in [6.45, 7) is 8.88. The van der Waals surface area contributed by atoms with Crippen molar-refractivity contribution >= 4 is 17.6 Å². The van der Waals surface area contributed by atoms with Crippen LogP contribution in [0.1, 0.15) is 26.3 Å². The molecule has 0 spiro atoms. The molecule has 122 valence electrons. The van der Waals surface area contributed by atoms with Crippen LogP contribution in [0.5, 0.6) is 5.75 Å². The minimum Gasteiger partial charge on any atom is -0.479 e. The van der Waals surface area contributed by atoms with Gasteiger partial charge in [0, 0.05) is 19.6 Å². The topological polar surface area (TPSA) is 59.0 Å². The maximum absolute atomic E-state index is 10.8. The zero-order valence-electron chi connectivity index (χ0n) is 13.1. The third kappa shape index (κ3) is 4.60. The molecule has 0 aliphatic carbocycles. The quantitative estimate of drug-likeness (QED) is 0.901. The van der Waals surface area contributed by atoms with Gasteiger partial charge in [-0.15, -0.1) is 0 Å². The lowest BCUT2D eigenvalue weighted by molar-refractivity contribution is -0.144. The minimum atomic E-state index is -1.02. The Hall–Kier alpha value is -1.30. The average Bonchev–Trinajstić information content (AvgIpc) is 2.40. The number of nitrogens with zero attached hydrogens (tertiary/aromatic N) is 1. The fourth-order valence-corrected chi connectivity index (χ4v) is 2.73. The van der Waals surface area contributed by atoms with E-state index in [1.54, 1.807) is 6.07 Å². The molecule has 22 heavy (non-hydrogen) atoms. The van der Waals surface area contributed by atoms with Gasteiger partial charge in [-0.1, -0.05) is 17.7 Å². The monoisotopic (exact) mass is 327 g/mol. The third-order valence-electron chi connectivity index (χ3n) is 3.56. The lowest BCUT2D eigenvalue weighted by Gasteiger charge is -2.38. The molecular formula is C16H22ClNO4. The molecule has 0 amide bonds. The van der Waals surface area contributed by atoms with Gasteiger partial charge in [0.15, 0.2) is 6.10 Å². The summed E-state index contributed by atoms with van der Waals surface area (Å²) in [5.74, 6) is -0.627. The lowest BCUT2D eigenvalue weighted by atomic mass is 10.1. The number of benzene rings is 1. The first kappa shape index (κ1) is 17.1. The Morgan fingerprint density at radius 1 is 1.55 bits per heavy atom. The fraction of sp³-hybridized carbons (Fsp3) is 0.562. The Bertz CT molecular complexity index is 547. The van der Waals surface area contributed by atoms with Crippen LogP contribution in [0.2, 0.25) is 5.02 Å². The van der Waals surface area contributed by atoms with Crippen LogP contribution >= 0.6 is 11.6 Å². The summed E-state index contributed by atoms with van der Waals surface area (Å²) in [4.78, 5) is 13.1. The summed E-state index contributed by atoms with van der Waals surface area (Å²) in [5.41, 5.74) is 0.931. The first-order valence-electron chi connectivity index (χ1n) is 7.31. The molecule has 1 heterocycles. The van der Waals surface area contributed by atoms with Crippen LogP contribution in [-0.4, -0.2) is 47.4 Å². The average molecular weight is 328 g/mol. The van der Waals surface area contributed by atoms with Crippen LogP contribution in [0.3, 0.4) is 0 Å². The van der Waals surface area contributed by atoms with Crippen molar-refractivity contribution in [2.45, 2.75) is 39.0 Å². The molecule has 1 aliphatic rings. The first-order valence-corrected chi connectivity index (χ1v) is 7.69. The van der Waals surface area contributed by atoms with Gasteiger partial charge in [-0.2, -0.15) is 0 Å². The summed E-state index contributed by atoms with van der Waals surface area (Å²) >= 11 is 6.19. The van der Waals surface area contributed by atoms with Gasteiger partial charge in [0.25, 0.3) is 0 Å². The zero-order valence-corrected chi connectivity index (χ0v) is 13.9. The Morgan fingerprint density at radius 3 is 2.86 bits per heavy atom. The summed E-state index contributed by atoms with van der Waals surface area (Å²) in [6.07, 6.45) is -0.927. The highest BCUT2D eigenvalue weighted by Gasteiger charge is 2.27. The first-order chi connectivity index (χ1) is 10.3. The van der Waals surface area contributed by atoms with E-state index in [1.807, 2.05) is 12.1 Å². The van der Waals surface area contributed by atoms with E-state index in [2.05, 4.69) is 18.7 Å². The van der Waals surface area contributed by atoms with Crippen LogP contribution in [0, 0.1) is 0 Å². The van der Waals surface area contributed by atoms with Crippen molar-refractivity contribution in [3.63, 3.8) is 0 Å². The van der Waals surface area contributed by atoms with Gasteiger partial charge in [0.1, 0.15) is 5.75 Å². The summed E-state index contributed by atoms with van der Waals surface area (Å²) < 4.78 is 11.0. The Balaban J connectivity index is 2.01. The number of morpholine rings is 1. The standard InChI is InChI=1S/C16H22ClNO4/c1-11(15(19)20)22-14-5-4-12(8-13(14)17)9-18-6-7-21-16(2,3)10-18/h4-5,8,11H,6-7,9-10H2,1-3H3,(H,19,20)/t11-/m0/s1. The smallest absolute Gasteiger partial charge is 0.344 e. The molecule has 1 aromatic carbocycles. The maximum atomic E-state index is 10.8. The Labute approximate surface area is 135 Å². The largest absolute Gasteiger partial charge is 0.479 e. The van der Waals surface area contributed by atoms with Crippen LogP contribution in [0.4, 0.5) is 0 Å². The Kier molecular flexibility index (Phi) is 5.32. The molecule has 0 aromatic heterocycles. The molecule has 1 atom stereocenters. The molecule has 1 aliphatic heterocycles. The number of ether oxygens (including phenoxy) is 2. The summed E-state index contributed by atoms with van der Waals surface area (Å²) in [6, 6.07) is 5.47. The molecule has 0 bridgehead atoms. The molecule has 1 N–H and O–H groups in total. The lowest BCUT2D eigenvalue weighted by Crippen LogP contribution is -2.47. The van der Waals surface area contributed by atoms with E-state index in [0.29, 0.717) is 10.8 Å². The fourth-order valence-electron chi connectivity index (χ4n) is 2.49. The molecule has 1 fully saturated rings. The van der Waals surface area contributed by atoms with Crippen molar-refractivity contribution in [3.8, 4) is 5.75 Å².